The number of aromatic nitrogens is 2. The van der Waals surface area contributed by atoms with Gasteiger partial charge in [0, 0.05) is 56.7 Å². The summed E-state index contributed by atoms with van der Waals surface area (Å²) in [6, 6.07) is 31.4. The molecule has 0 amide bonds. The van der Waals surface area contributed by atoms with Crippen LogP contribution in [0.25, 0.3) is 43.6 Å². The highest BCUT2D eigenvalue weighted by molar-refractivity contribution is 6.09. The fourth-order valence-electron chi connectivity index (χ4n) is 5.53. The van der Waals surface area contributed by atoms with E-state index in [4.69, 9.17) is 0 Å². The molecule has 33 heavy (non-hydrogen) atoms. The Bertz CT molecular complexity index is 1500. The molecule has 6 rings (SSSR count). The van der Waals surface area contributed by atoms with Crippen LogP contribution in [0, 0.1) is 13.8 Å². The molecule has 164 valence electrons. The van der Waals surface area contributed by atoms with E-state index >= 15 is 0 Å². The van der Waals surface area contributed by atoms with E-state index in [1.54, 1.807) is 0 Å². The van der Waals surface area contributed by atoms with Crippen molar-refractivity contribution < 1.29 is 0 Å². The largest absolute Gasteiger partial charge is 0.340 e. The summed E-state index contributed by atoms with van der Waals surface area (Å²) in [5.41, 5.74) is 8.09. The van der Waals surface area contributed by atoms with Crippen molar-refractivity contribution >= 4 is 43.6 Å². The van der Waals surface area contributed by atoms with Crippen LogP contribution >= 0.6 is 0 Å². The van der Waals surface area contributed by atoms with Crippen LogP contribution in [0.2, 0.25) is 0 Å². The Morgan fingerprint density at radius 2 is 0.879 bits per heavy atom. The average molecular weight is 431 g/mol. The van der Waals surface area contributed by atoms with Crippen molar-refractivity contribution in [2.24, 2.45) is 0 Å². The van der Waals surface area contributed by atoms with Gasteiger partial charge in [-0.2, -0.15) is 0 Å². The minimum atomic E-state index is 1.07. The number of hydrogen-bond donors (Lipinski definition) is 0. The van der Waals surface area contributed by atoms with E-state index in [1.165, 1.54) is 74.0 Å². The SMILES string of the molecule is Cc1ccc2c(c1)c1cc(C)ccc1n2CCCCCn1c2ccccc2c2ccccc21. The number of unbranched alkanes of at least 4 members (excludes halogenated alkanes) is 2. The van der Waals surface area contributed by atoms with Gasteiger partial charge in [0.1, 0.15) is 0 Å². The highest BCUT2D eigenvalue weighted by atomic mass is 15.0. The van der Waals surface area contributed by atoms with Crippen molar-refractivity contribution in [3.63, 3.8) is 0 Å². The molecular weight excluding hydrogens is 400 g/mol. The van der Waals surface area contributed by atoms with E-state index in [0.29, 0.717) is 0 Å². The Balaban J connectivity index is 1.22. The zero-order chi connectivity index (χ0) is 22.4. The van der Waals surface area contributed by atoms with Gasteiger partial charge in [-0.15, -0.1) is 0 Å². The van der Waals surface area contributed by atoms with Gasteiger partial charge in [-0.3, -0.25) is 0 Å². The van der Waals surface area contributed by atoms with Crippen LogP contribution in [0.1, 0.15) is 30.4 Å². The molecule has 0 aliphatic rings. The van der Waals surface area contributed by atoms with Gasteiger partial charge in [0.05, 0.1) is 0 Å². The molecule has 0 unspecified atom stereocenters. The van der Waals surface area contributed by atoms with Gasteiger partial charge in [0.15, 0.2) is 0 Å². The lowest BCUT2D eigenvalue weighted by molar-refractivity contribution is 0.570. The summed E-state index contributed by atoms with van der Waals surface area (Å²) in [5, 5.41) is 5.51. The maximum absolute atomic E-state index is 2.53. The molecule has 6 aromatic rings. The monoisotopic (exact) mass is 430 g/mol. The Morgan fingerprint density at radius 1 is 0.455 bits per heavy atom. The van der Waals surface area contributed by atoms with Gasteiger partial charge >= 0.3 is 0 Å². The number of nitrogens with zero attached hydrogens (tertiary/aromatic N) is 2. The molecule has 0 fully saturated rings. The zero-order valence-electron chi connectivity index (χ0n) is 19.5. The number of benzene rings is 4. The maximum atomic E-state index is 2.53. The Kier molecular flexibility index (Phi) is 4.95. The summed E-state index contributed by atoms with van der Waals surface area (Å²) in [4.78, 5) is 0. The summed E-state index contributed by atoms with van der Waals surface area (Å²) in [6.45, 7) is 6.51. The summed E-state index contributed by atoms with van der Waals surface area (Å²) < 4.78 is 5.04. The van der Waals surface area contributed by atoms with Crippen LogP contribution in [0.5, 0.6) is 0 Å². The van der Waals surface area contributed by atoms with E-state index in [-0.39, 0.29) is 0 Å². The fraction of sp³-hybridized carbons (Fsp3) is 0.226. The summed E-state index contributed by atoms with van der Waals surface area (Å²) >= 11 is 0. The molecule has 0 aliphatic heterocycles. The molecule has 2 heteroatoms. The van der Waals surface area contributed by atoms with Gasteiger partial charge in [-0.05, 0) is 69.5 Å². The van der Waals surface area contributed by atoms with Gasteiger partial charge in [-0.1, -0.05) is 59.7 Å². The lowest BCUT2D eigenvalue weighted by Crippen LogP contribution is -2.01. The minimum absolute atomic E-state index is 1.07. The van der Waals surface area contributed by atoms with Crippen LogP contribution in [0.15, 0.2) is 84.9 Å². The Labute approximate surface area is 195 Å². The van der Waals surface area contributed by atoms with Crippen LogP contribution < -0.4 is 0 Å². The average Bonchev–Trinajstić information content (AvgIpc) is 3.31. The smallest absolute Gasteiger partial charge is 0.0491 e. The van der Waals surface area contributed by atoms with Crippen LogP contribution in [-0.4, -0.2) is 9.13 Å². The molecule has 0 atom stereocenters. The van der Waals surface area contributed by atoms with E-state index in [1.807, 2.05) is 0 Å². The number of rotatable bonds is 6. The van der Waals surface area contributed by atoms with Crippen molar-refractivity contribution in [3.8, 4) is 0 Å². The molecule has 2 heterocycles. The van der Waals surface area contributed by atoms with E-state index < -0.39 is 0 Å². The topological polar surface area (TPSA) is 9.86 Å². The zero-order valence-corrected chi connectivity index (χ0v) is 19.5. The van der Waals surface area contributed by atoms with Crippen LogP contribution in [0.4, 0.5) is 0 Å². The third-order valence-corrected chi connectivity index (χ3v) is 7.12. The second kappa shape index (κ2) is 8.12. The highest BCUT2D eigenvalue weighted by Gasteiger charge is 2.12. The summed E-state index contributed by atoms with van der Waals surface area (Å²) in [5.74, 6) is 0. The molecule has 0 spiro atoms. The first-order chi connectivity index (χ1) is 16.2. The van der Waals surface area contributed by atoms with Crippen molar-refractivity contribution in [3.05, 3.63) is 96.1 Å². The number of aryl methyl sites for hydroxylation is 4. The molecule has 2 aromatic heterocycles. The minimum Gasteiger partial charge on any atom is -0.340 e. The van der Waals surface area contributed by atoms with Gasteiger partial charge in [0.25, 0.3) is 0 Å². The first-order valence-corrected chi connectivity index (χ1v) is 12.2. The molecule has 0 saturated heterocycles. The molecule has 4 aromatic carbocycles. The summed E-state index contributed by atoms with van der Waals surface area (Å²) in [7, 11) is 0. The van der Waals surface area contributed by atoms with Crippen molar-refractivity contribution in [2.75, 3.05) is 0 Å². The molecule has 0 aliphatic carbocycles. The fourth-order valence-corrected chi connectivity index (χ4v) is 5.53. The van der Waals surface area contributed by atoms with Crippen LogP contribution in [-0.2, 0) is 13.1 Å². The summed E-state index contributed by atoms with van der Waals surface area (Å²) in [6.07, 6.45) is 3.61. The quantitative estimate of drug-likeness (QED) is 0.235. The predicted molar refractivity (Wildman–Crippen MR) is 142 cm³/mol. The third kappa shape index (κ3) is 3.41. The van der Waals surface area contributed by atoms with Crippen molar-refractivity contribution in [1.29, 1.82) is 0 Å². The molecule has 0 bridgehead atoms. The normalized spacial score (nSPS) is 11.9. The van der Waals surface area contributed by atoms with Crippen molar-refractivity contribution in [2.45, 2.75) is 46.2 Å². The molecule has 0 N–H and O–H groups in total. The first-order valence-electron chi connectivity index (χ1n) is 12.2. The predicted octanol–water partition coefficient (Wildman–Crippen LogP) is 8.39. The number of hydrogen-bond acceptors (Lipinski definition) is 0. The lowest BCUT2D eigenvalue weighted by Gasteiger charge is -2.10. The van der Waals surface area contributed by atoms with E-state index in [0.717, 1.165) is 13.1 Å². The highest BCUT2D eigenvalue weighted by Crippen LogP contribution is 2.32. The first kappa shape index (κ1) is 20.1. The second-order valence-electron chi connectivity index (χ2n) is 9.44. The van der Waals surface area contributed by atoms with Gasteiger partial charge < -0.3 is 9.13 Å². The third-order valence-electron chi connectivity index (χ3n) is 7.12. The molecular formula is C31H30N2. The second-order valence-corrected chi connectivity index (χ2v) is 9.44. The van der Waals surface area contributed by atoms with E-state index in [2.05, 4.69) is 108 Å². The molecule has 0 saturated carbocycles. The van der Waals surface area contributed by atoms with E-state index in [9.17, 15) is 0 Å². The van der Waals surface area contributed by atoms with Crippen LogP contribution in [0.3, 0.4) is 0 Å². The van der Waals surface area contributed by atoms with Gasteiger partial charge in [-0.25, -0.2) is 0 Å². The molecule has 0 radical (unpaired) electrons. The lowest BCUT2D eigenvalue weighted by atomic mass is 10.1. The number of para-hydroxylation sites is 2. The maximum Gasteiger partial charge on any atom is 0.0491 e. The Morgan fingerprint density at radius 3 is 1.36 bits per heavy atom. The Hall–Kier alpha value is -3.52. The van der Waals surface area contributed by atoms with Gasteiger partial charge in [0.2, 0.25) is 0 Å². The van der Waals surface area contributed by atoms with Crippen molar-refractivity contribution in [1.82, 2.24) is 9.13 Å². The molecule has 2 nitrogen and oxygen atoms in total. The number of fused-ring (bicyclic) bond motifs is 6. The standard InChI is InChI=1S/C31H30N2/c1-22-14-16-30-26(20-22)27-21-23(2)15-17-31(27)33(30)19-9-3-8-18-32-28-12-6-4-10-24(28)25-11-5-7-13-29(25)32/h4-7,10-17,20-21H,3,8-9,18-19H2,1-2H3.